The molecule has 0 atom stereocenters. The van der Waals surface area contributed by atoms with Crippen molar-refractivity contribution in [3.63, 3.8) is 0 Å². The Balaban J connectivity index is 1.52. The lowest BCUT2D eigenvalue weighted by molar-refractivity contribution is -0.126. The van der Waals surface area contributed by atoms with Gasteiger partial charge in [0.2, 0.25) is 0 Å². The Kier molecular flexibility index (Phi) is 3.37. The number of likely N-dealkylation sites (N-methyl/N-ethyl adjacent to an activating group) is 1. The van der Waals surface area contributed by atoms with Crippen molar-refractivity contribution >= 4 is 12.0 Å². The molecule has 0 saturated heterocycles. The minimum atomic E-state index is -0.0325. The van der Waals surface area contributed by atoms with Gasteiger partial charge in [-0.3, -0.25) is 4.79 Å². The molecule has 0 aliphatic carbocycles. The van der Waals surface area contributed by atoms with Crippen LogP contribution in [0.2, 0.25) is 0 Å². The van der Waals surface area contributed by atoms with Crippen molar-refractivity contribution in [3.8, 4) is 5.75 Å². The summed E-state index contributed by atoms with van der Waals surface area (Å²) in [5, 5.41) is 8.40. The Morgan fingerprint density at radius 3 is 3.13 bits per heavy atom. The van der Waals surface area contributed by atoms with Gasteiger partial charge in [0.15, 0.2) is 5.82 Å². The summed E-state index contributed by atoms with van der Waals surface area (Å²) >= 11 is 0. The van der Waals surface area contributed by atoms with Crippen molar-refractivity contribution < 1.29 is 9.53 Å². The number of amides is 1. The highest BCUT2D eigenvalue weighted by Gasteiger charge is 2.23. The smallest absolute Gasteiger partial charge is 0.253 e. The maximum Gasteiger partial charge on any atom is 0.253 e. The first kappa shape index (κ1) is 14.0. The molecule has 118 valence electrons. The van der Waals surface area contributed by atoms with Crippen LogP contribution in [0.3, 0.4) is 0 Å². The average Bonchev–Trinajstić information content (AvgIpc) is 3.18. The number of nitrogens with zero attached hydrogens (tertiary/aromatic N) is 4. The van der Waals surface area contributed by atoms with Crippen LogP contribution in [0.4, 0.5) is 0 Å². The van der Waals surface area contributed by atoms with Gasteiger partial charge in [0.05, 0.1) is 12.1 Å². The van der Waals surface area contributed by atoms with E-state index in [4.69, 9.17) is 4.74 Å². The molecule has 0 saturated carbocycles. The second-order valence-electron chi connectivity index (χ2n) is 5.94. The quantitative estimate of drug-likeness (QED) is 0.865. The third-order valence-corrected chi connectivity index (χ3v) is 4.32. The molecule has 0 radical (unpaired) electrons. The molecule has 1 aromatic carbocycles. The molecule has 1 amide bonds. The number of carbonyl (C=O) groups excluding carboxylic acids is 1. The van der Waals surface area contributed by atoms with E-state index < -0.39 is 0 Å². The highest BCUT2D eigenvalue weighted by atomic mass is 16.5. The second kappa shape index (κ2) is 5.53. The lowest BCUT2D eigenvalue weighted by Crippen LogP contribution is -2.31. The van der Waals surface area contributed by atoms with Crippen molar-refractivity contribution in [1.29, 1.82) is 0 Å². The molecule has 23 heavy (non-hydrogen) atoms. The molecule has 6 nitrogen and oxygen atoms in total. The van der Waals surface area contributed by atoms with Gasteiger partial charge in [-0.05, 0) is 18.6 Å². The first-order chi connectivity index (χ1) is 11.2. The summed E-state index contributed by atoms with van der Waals surface area (Å²) < 4.78 is 7.78. The van der Waals surface area contributed by atoms with E-state index in [9.17, 15) is 4.79 Å². The van der Waals surface area contributed by atoms with Crippen LogP contribution >= 0.6 is 0 Å². The third-order valence-electron chi connectivity index (χ3n) is 4.32. The molecule has 0 unspecified atom stereocenters. The van der Waals surface area contributed by atoms with Gasteiger partial charge in [0.1, 0.15) is 18.2 Å². The summed E-state index contributed by atoms with van der Waals surface area (Å²) in [6, 6.07) is 7.73. The van der Waals surface area contributed by atoms with Crippen LogP contribution in [-0.2, 0) is 24.3 Å². The van der Waals surface area contributed by atoms with E-state index in [2.05, 4.69) is 14.8 Å². The van der Waals surface area contributed by atoms with E-state index in [1.165, 1.54) is 0 Å². The minimum absolute atomic E-state index is 0.0325. The number of para-hydroxylation sites is 1. The molecule has 2 aliphatic rings. The molecule has 0 spiro atoms. The van der Waals surface area contributed by atoms with Crippen molar-refractivity contribution in [2.75, 3.05) is 13.7 Å². The van der Waals surface area contributed by atoms with Gasteiger partial charge in [-0.2, -0.15) is 0 Å². The van der Waals surface area contributed by atoms with Gasteiger partial charge in [0, 0.05) is 25.6 Å². The summed E-state index contributed by atoms with van der Waals surface area (Å²) in [5.41, 5.74) is 1.60. The second-order valence-corrected chi connectivity index (χ2v) is 5.94. The Hall–Kier alpha value is -2.63. The Morgan fingerprint density at radius 2 is 2.22 bits per heavy atom. The summed E-state index contributed by atoms with van der Waals surface area (Å²) in [6.07, 6.45) is 3.98. The van der Waals surface area contributed by atoms with E-state index in [0.29, 0.717) is 18.7 Å². The zero-order chi connectivity index (χ0) is 15.8. The molecule has 3 heterocycles. The molecular formula is C17H18N4O2. The van der Waals surface area contributed by atoms with E-state index in [1.807, 2.05) is 30.3 Å². The predicted octanol–water partition coefficient (Wildman–Crippen LogP) is 1.66. The maximum atomic E-state index is 12.7. The van der Waals surface area contributed by atoms with E-state index in [0.717, 1.165) is 42.3 Å². The van der Waals surface area contributed by atoms with Crippen molar-refractivity contribution in [2.45, 2.75) is 25.9 Å². The first-order valence-electron chi connectivity index (χ1n) is 7.81. The van der Waals surface area contributed by atoms with Gasteiger partial charge in [0.25, 0.3) is 5.91 Å². The van der Waals surface area contributed by atoms with E-state index in [1.54, 1.807) is 11.9 Å². The van der Waals surface area contributed by atoms with Crippen LogP contribution < -0.4 is 4.74 Å². The van der Waals surface area contributed by atoms with Crippen LogP contribution in [0.15, 0.2) is 29.8 Å². The summed E-state index contributed by atoms with van der Waals surface area (Å²) in [6.45, 7) is 1.71. The zero-order valence-corrected chi connectivity index (χ0v) is 13.0. The van der Waals surface area contributed by atoms with Crippen LogP contribution in [0.1, 0.15) is 23.6 Å². The number of hydrogen-bond acceptors (Lipinski definition) is 4. The average molecular weight is 310 g/mol. The SMILES string of the molecule is CN(Cc1nnc2n1CCC2)C(=O)C1=Cc2ccccc2OC1. The van der Waals surface area contributed by atoms with Crippen molar-refractivity contribution in [2.24, 2.45) is 0 Å². The molecule has 2 aromatic rings. The largest absolute Gasteiger partial charge is 0.488 e. The van der Waals surface area contributed by atoms with E-state index in [-0.39, 0.29) is 5.91 Å². The fraction of sp³-hybridized carbons (Fsp3) is 0.353. The number of ether oxygens (including phenoxy) is 1. The van der Waals surface area contributed by atoms with Crippen molar-refractivity contribution in [3.05, 3.63) is 47.1 Å². The first-order valence-corrected chi connectivity index (χ1v) is 7.81. The summed E-state index contributed by atoms with van der Waals surface area (Å²) in [5.74, 6) is 2.66. The number of benzene rings is 1. The van der Waals surface area contributed by atoms with Crippen molar-refractivity contribution in [1.82, 2.24) is 19.7 Å². The molecule has 1 aromatic heterocycles. The van der Waals surface area contributed by atoms with Crippen LogP contribution in [0, 0.1) is 0 Å². The molecule has 0 bridgehead atoms. The summed E-state index contributed by atoms with van der Waals surface area (Å²) in [7, 11) is 1.79. The van der Waals surface area contributed by atoms with Crippen LogP contribution in [-0.4, -0.2) is 39.2 Å². The third kappa shape index (κ3) is 2.50. The highest BCUT2D eigenvalue weighted by molar-refractivity contribution is 5.98. The standard InChI is InChI=1S/C17H18N4O2/c1-20(10-16-19-18-15-7-4-8-21(15)16)17(22)13-9-12-5-2-3-6-14(12)23-11-13/h2-3,5-6,9H,4,7-8,10-11H2,1H3. The van der Waals surface area contributed by atoms with Crippen LogP contribution in [0.25, 0.3) is 6.08 Å². The number of carbonyl (C=O) groups is 1. The monoisotopic (exact) mass is 310 g/mol. The lowest BCUT2D eigenvalue weighted by Gasteiger charge is -2.22. The Labute approximate surface area is 134 Å². The zero-order valence-electron chi connectivity index (χ0n) is 13.0. The van der Waals surface area contributed by atoms with Crippen LogP contribution in [0.5, 0.6) is 5.75 Å². The Morgan fingerprint density at radius 1 is 1.35 bits per heavy atom. The number of fused-ring (bicyclic) bond motifs is 2. The molecule has 0 N–H and O–H groups in total. The number of aryl methyl sites for hydroxylation is 1. The van der Waals surface area contributed by atoms with Gasteiger partial charge in [-0.15, -0.1) is 10.2 Å². The Bertz CT molecular complexity index is 794. The normalized spacial score (nSPS) is 15.4. The lowest BCUT2D eigenvalue weighted by atomic mass is 10.1. The fourth-order valence-corrected chi connectivity index (χ4v) is 3.10. The minimum Gasteiger partial charge on any atom is -0.488 e. The highest BCUT2D eigenvalue weighted by Crippen LogP contribution is 2.26. The predicted molar refractivity (Wildman–Crippen MR) is 84.7 cm³/mol. The summed E-state index contributed by atoms with van der Waals surface area (Å²) in [4.78, 5) is 14.3. The number of hydrogen-bond donors (Lipinski definition) is 0. The molecular weight excluding hydrogens is 292 g/mol. The number of aromatic nitrogens is 3. The fourth-order valence-electron chi connectivity index (χ4n) is 3.10. The van der Waals surface area contributed by atoms with E-state index >= 15 is 0 Å². The molecule has 6 heteroatoms. The topological polar surface area (TPSA) is 60.2 Å². The molecule has 2 aliphatic heterocycles. The van der Waals surface area contributed by atoms with Gasteiger partial charge in [-0.1, -0.05) is 18.2 Å². The molecule has 4 rings (SSSR count). The maximum absolute atomic E-state index is 12.7. The molecule has 0 fully saturated rings. The van der Waals surface area contributed by atoms with Gasteiger partial charge >= 0.3 is 0 Å². The number of rotatable bonds is 3. The van der Waals surface area contributed by atoms with Gasteiger partial charge < -0.3 is 14.2 Å². The van der Waals surface area contributed by atoms with Gasteiger partial charge in [-0.25, -0.2) is 0 Å².